The van der Waals surface area contributed by atoms with Crippen LogP contribution in [0.3, 0.4) is 0 Å². The highest BCUT2D eigenvalue weighted by molar-refractivity contribution is 7.77. The minimum absolute atomic E-state index is 0.739. The van der Waals surface area contributed by atoms with Crippen molar-refractivity contribution in [2.24, 2.45) is 4.76 Å². The van der Waals surface area contributed by atoms with Crippen LogP contribution in [0.2, 0.25) is 0 Å². The number of fused-ring (bicyclic) bond motifs is 1. The largest absolute Gasteiger partial charge is 0.288 e. The van der Waals surface area contributed by atoms with E-state index in [4.69, 9.17) is 0 Å². The molecular weight excluding hydrogens is 337 g/mol. The van der Waals surface area contributed by atoms with Gasteiger partial charge in [-0.15, -0.1) is 0 Å². The smallest absolute Gasteiger partial charge is 0.247 e. The normalized spacial score (nSPS) is 11.8. The monoisotopic (exact) mass is 355 g/mol. The van der Waals surface area contributed by atoms with Crippen LogP contribution in [0, 0.1) is 0 Å². The Labute approximate surface area is 153 Å². The molecule has 0 aromatic heterocycles. The third kappa shape index (κ3) is 3.24. The summed E-state index contributed by atoms with van der Waals surface area (Å²) in [7, 11) is -3.08. The van der Waals surface area contributed by atoms with Gasteiger partial charge in [0.15, 0.2) is 0 Å². The standard InChI is InChI=1S/C23H18NOP/c25-26(22-11-3-1-4-12-22,23-13-5-2-6-14-23)24-18-19-15-16-20-9-7-8-10-21(20)17-19/h1-18H/b24-18-. The fourth-order valence-electron chi connectivity index (χ4n) is 2.98. The van der Waals surface area contributed by atoms with Gasteiger partial charge in [0, 0.05) is 16.8 Å². The summed E-state index contributed by atoms with van der Waals surface area (Å²) >= 11 is 0. The van der Waals surface area contributed by atoms with E-state index in [1.54, 1.807) is 6.21 Å². The minimum atomic E-state index is -3.08. The number of hydrogen-bond acceptors (Lipinski definition) is 1. The molecule has 3 heteroatoms. The van der Waals surface area contributed by atoms with Gasteiger partial charge in [-0.05, 0) is 46.7 Å². The lowest BCUT2D eigenvalue weighted by molar-refractivity contribution is 0.588. The van der Waals surface area contributed by atoms with E-state index in [1.807, 2.05) is 78.9 Å². The van der Waals surface area contributed by atoms with Crippen LogP contribution in [0.15, 0.2) is 108 Å². The number of hydrogen-bond donors (Lipinski definition) is 0. The van der Waals surface area contributed by atoms with Crippen LogP contribution in [-0.2, 0) is 4.57 Å². The molecule has 0 atom stereocenters. The first-order chi connectivity index (χ1) is 12.8. The van der Waals surface area contributed by atoms with Gasteiger partial charge >= 0.3 is 0 Å². The molecule has 0 amide bonds. The van der Waals surface area contributed by atoms with Gasteiger partial charge in [0.05, 0.1) is 0 Å². The summed E-state index contributed by atoms with van der Waals surface area (Å²) < 4.78 is 18.5. The molecule has 0 heterocycles. The second kappa shape index (κ2) is 7.11. The first kappa shape index (κ1) is 16.5. The molecule has 126 valence electrons. The Hall–Kier alpha value is -2.96. The second-order valence-electron chi connectivity index (χ2n) is 6.10. The van der Waals surface area contributed by atoms with Gasteiger partial charge in [0.1, 0.15) is 0 Å². The van der Waals surface area contributed by atoms with E-state index in [0.717, 1.165) is 21.6 Å². The lowest BCUT2D eigenvalue weighted by atomic mass is 10.1. The summed E-state index contributed by atoms with van der Waals surface area (Å²) in [5.74, 6) is 0. The van der Waals surface area contributed by atoms with Crippen LogP contribution >= 0.6 is 7.29 Å². The average Bonchev–Trinajstić information content (AvgIpc) is 2.73. The predicted molar refractivity (Wildman–Crippen MR) is 111 cm³/mol. The van der Waals surface area contributed by atoms with Crippen molar-refractivity contribution in [2.45, 2.75) is 0 Å². The quantitative estimate of drug-likeness (QED) is 0.366. The highest BCUT2D eigenvalue weighted by Gasteiger charge is 2.25. The molecule has 26 heavy (non-hydrogen) atoms. The van der Waals surface area contributed by atoms with Crippen molar-refractivity contribution in [1.29, 1.82) is 0 Å². The van der Waals surface area contributed by atoms with Gasteiger partial charge in [-0.3, -0.25) is 4.57 Å². The first-order valence-corrected chi connectivity index (χ1v) is 10.2. The molecule has 0 aliphatic heterocycles. The van der Waals surface area contributed by atoms with Gasteiger partial charge in [0.2, 0.25) is 7.29 Å². The predicted octanol–water partition coefficient (Wildman–Crippen LogP) is 5.19. The van der Waals surface area contributed by atoms with Crippen molar-refractivity contribution < 1.29 is 4.57 Å². The number of nitrogens with zero attached hydrogens (tertiary/aromatic N) is 1. The minimum Gasteiger partial charge on any atom is -0.288 e. The molecule has 0 N–H and O–H groups in total. The zero-order chi connectivity index (χ0) is 17.8. The topological polar surface area (TPSA) is 29.4 Å². The molecule has 0 unspecified atom stereocenters. The summed E-state index contributed by atoms with van der Waals surface area (Å²) in [6.07, 6.45) is 1.73. The summed E-state index contributed by atoms with van der Waals surface area (Å²) in [6.45, 7) is 0. The summed E-state index contributed by atoms with van der Waals surface area (Å²) in [4.78, 5) is 0. The van der Waals surface area contributed by atoms with E-state index in [-0.39, 0.29) is 0 Å². The maximum absolute atomic E-state index is 13.9. The summed E-state index contributed by atoms with van der Waals surface area (Å²) in [6, 6.07) is 33.3. The highest BCUT2D eigenvalue weighted by Crippen LogP contribution is 2.44. The van der Waals surface area contributed by atoms with E-state index >= 15 is 0 Å². The zero-order valence-electron chi connectivity index (χ0n) is 14.2. The van der Waals surface area contributed by atoms with Crippen LogP contribution < -0.4 is 10.6 Å². The number of rotatable bonds is 4. The zero-order valence-corrected chi connectivity index (χ0v) is 15.1. The second-order valence-corrected chi connectivity index (χ2v) is 8.51. The van der Waals surface area contributed by atoms with Crippen molar-refractivity contribution in [2.75, 3.05) is 0 Å². The van der Waals surface area contributed by atoms with Crippen molar-refractivity contribution >= 4 is 34.9 Å². The Morgan fingerprint density at radius 3 is 1.77 bits per heavy atom. The maximum atomic E-state index is 13.9. The molecule has 0 aliphatic carbocycles. The Balaban J connectivity index is 1.79. The van der Waals surface area contributed by atoms with Crippen molar-refractivity contribution in [3.8, 4) is 0 Å². The van der Waals surface area contributed by atoms with Crippen LogP contribution in [0.25, 0.3) is 10.8 Å². The Kier molecular flexibility index (Phi) is 4.51. The average molecular weight is 355 g/mol. The molecular formula is C23H18NOP. The molecule has 2 nitrogen and oxygen atoms in total. The van der Waals surface area contributed by atoms with Crippen LogP contribution in [0.4, 0.5) is 0 Å². The lowest BCUT2D eigenvalue weighted by Crippen LogP contribution is -2.14. The lowest BCUT2D eigenvalue weighted by Gasteiger charge is -2.14. The van der Waals surface area contributed by atoms with E-state index in [9.17, 15) is 4.57 Å². The van der Waals surface area contributed by atoms with Crippen molar-refractivity contribution in [3.63, 3.8) is 0 Å². The Bertz CT molecular complexity index is 1060. The molecule has 4 aromatic carbocycles. The molecule has 0 radical (unpaired) electrons. The molecule has 0 bridgehead atoms. The van der Waals surface area contributed by atoms with E-state index in [0.29, 0.717) is 0 Å². The third-order valence-electron chi connectivity index (χ3n) is 4.36. The molecule has 4 aromatic rings. The fourth-order valence-corrected chi connectivity index (χ4v) is 4.99. The summed E-state index contributed by atoms with van der Waals surface area (Å²) in [5.41, 5.74) is 0.941. The molecule has 0 aliphatic rings. The molecule has 0 spiro atoms. The van der Waals surface area contributed by atoms with Gasteiger partial charge in [0.25, 0.3) is 0 Å². The molecule has 0 fully saturated rings. The molecule has 0 saturated carbocycles. The van der Waals surface area contributed by atoms with Crippen LogP contribution in [0.5, 0.6) is 0 Å². The Morgan fingerprint density at radius 2 is 1.15 bits per heavy atom. The maximum Gasteiger partial charge on any atom is 0.247 e. The van der Waals surface area contributed by atoms with E-state index in [1.165, 1.54) is 5.39 Å². The van der Waals surface area contributed by atoms with Gasteiger partial charge in [-0.1, -0.05) is 72.8 Å². The SMILES string of the molecule is O=P(/N=C\c1ccc2ccccc2c1)(c1ccccc1)c1ccccc1. The molecule has 0 saturated heterocycles. The van der Waals surface area contributed by atoms with E-state index < -0.39 is 7.29 Å². The highest BCUT2D eigenvalue weighted by atomic mass is 31.2. The van der Waals surface area contributed by atoms with Crippen molar-refractivity contribution in [1.82, 2.24) is 0 Å². The Morgan fingerprint density at radius 1 is 0.615 bits per heavy atom. The first-order valence-electron chi connectivity index (χ1n) is 8.51. The van der Waals surface area contributed by atoms with E-state index in [2.05, 4.69) is 29.0 Å². The molecule has 4 rings (SSSR count). The van der Waals surface area contributed by atoms with Crippen LogP contribution in [0.1, 0.15) is 5.56 Å². The van der Waals surface area contributed by atoms with Gasteiger partial charge in [-0.25, -0.2) is 4.76 Å². The fraction of sp³-hybridized carbons (Fsp3) is 0. The van der Waals surface area contributed by atoms with Gasteiger partial charge in [-0.2, -0.15) is 0 Å². The van der Waals surface area contributed by atoms with Gasteiger partial charge < -0.3 is 0 Å². The number of benzene rings is 4. The van der Waals surface area contributed by atoms with Crippen molar-refractivity contribution in [3.05, 3.63) is 109 Å². The van der Waals surface area contributed by atoms with Crippen LogP contribution in [-0.4, -0.2) is 6.21 Å². The third-order valence-corrected chi connectivity index (χ3v) is 6.79. The summed E-state index contributed by atoms with van der Waals surface area (Å²) in [5, 5.41) is 3.80.